The van der Waals surface area contributed by atoms with Crippen LogP contribution in [0.3, 0.4) is 0 Å². The molecule has 94 valence electrons. The zero-order valence-electron chi connectivity index (χ0n) is 9.84. The predicted octanol–water partition coefficient (Wildman–Crippen LogP) is 1.81. The van der Waals surface area contributed by atoms with Crippen LogP contribution in [-0.2, 0) is 0 Å². The fourth-order valence-electron chi connectivity index (χ4n) is 1.37. The second-order valence-electron chi connectivity index (χ2n) is 3.27. The molecule has 1 heterocycles. The van der Waals surface area contributed by atoms with Gasteiger partial charge in [-0.2, -0.15) is 0 Å². The molecule has 0 bridgehead atoms. The molecule has 1 aromatic heterocycles. The van der Waals surface area contributed by atoms with Gasteiger partial charge in [-0.3, -0.25) is 10.1 Å². The van der Waals surface area contributed by atoms with E-state index in [1.54, 1.807) is 30.8 Å². The monoisotopic (exact) mass is 265 g/mol. The van der Waals surface area contributed by atoms with Crippen LogP contribution in [-0.4, -0.2) is 30.3 Å². The summed E-state index contributed by atoms with van der Waals surface area (Å²) >= 11 is 1.25. The van der Waals surface area contributed by atoms with Crippen molar-refractivity contribution in [1.29, 1.82) is 0 Å². The number of hydrogen-bond acceptors (Lipinski definition) is 6. The second kappa shape index (κ2) is 5.46. The SMILES string of the molecule is COc1ccc(C(=O)Nc2nncs2)cc1OC. The summed E-state index contributed by atoms with van der Waals surface area (Å²) in [4.78, 5) is 11.9. The van der Waals surface area contributed by atoms with Crippen molar-refractivity contribution in [2.75, 3.05) is 19.5 Å². The van der Waals surface area contributed by atoms with Gasteiger partial charge in [0.2, 0.25) is 5.13 Å². The third-order valence-electron chi connectivity index (χ3n) is 2.23. The van der Waals surface area contributed by atoms with Crippen molar-refractivity contribution in [2.24, 2.45) is 0 Å². The Morgan fingerprint density at radius 2 is 2.06 bits per heavy atom. The van der Waals surface area contributed by atoms with E-state index in [4.69, 9.17) is 9.47 Å². The van der Waals surface area contributed by atoms with Crippen LogP contribution in [0, 0.1) is 0 Å². The summed E-state index contributed by atoms with van der Waals surface area (Å²) in [5.74, 6) is 0.806. The van der Waals surface area contributed by atoms with E-state index >= 15 is 0 Å². The largest absolute Gasteiger partial charge is 0.493 e. The van der Waals surface area contributed by atoms with Gasteiger partial charge in [-0.1, -0.05) is 11.3 Å². The highest BCUT2D eigenvalue weighted by atomic mass is 32.1. The molecule has 0 aliphatic carbocycles. The number of aromatic nitrogens is 2. The summed E-state index contributed by atoms with van der Waals surface area (Å²) < 4.78 is 10.2. The summed E-state index contributed by atoms with van der Waals surface area (Å²) in [5.41, 5.74) is 2.01. The number of benzene rings is 1. The molecule has 1 aromatic carbocycles. The summed E-state index contributed by atoms with van der Waals surface area (Å²) in [6.45, 7) is 0. The van der Waals surface area contributed by atoms with Gasteiger partial charge in [-0.25, -0.2) is 0 Å². The number of carbonyl (C=O) groups is 1. The number of rotatable bonds is 4. The highest BCUT2D eigenvalue weighted by Crippen LogP contribution is 2.27. The van der Waals surface area contributed by atoms with E-state index in [1.807, 2.05) is 0 Å². The zero-order valence-corrected chi connectivity index (χ0v) is 10.7. The van der Waals surface area contributed by atoms with Crippen LogP contribution in [0.5, 0.6) is 11.5 Å². The van der Waals surface area contributed by atoms with Crippen LogP contribution >= 0.6 is 11.3 Å². The lowest BCUT2D eigenvalue weighted by Gasteiger charge is -2.08. The lowest BCUT2D eigenvalue weighted by molar-refractivity contribution is 0.102. The van der Waals surface area contributed by atoms with Crippen molar-refractivity contribution >= 4 is 22.4 Å². The normalized spacial score (nSPS) is 9.89. The maximum Gasteiger partial charge on any atom is 0.257 e. The molecule has 7 heteroatoms. The molecule has 18 heavy (non-hydrogen) atoms. The van der Waals surface area contributed by atoms with Gasteiger partial charge in [0, 0.05) is 5.56 Å². The molecular formula is C11H11N3O3S. The van der Waals surface area contributed by atoms with Crippen molar-refractivity contribution in [3.8, 4) is 11.5 Å². The molecule has 0 aliphatic rings. The molecular weight excluding hydrogens is 254 g/mol. The number of carbonyl (C=O) groups excluding carboxylic acids is 1. The number of hydrogen-bond donors (Lipinski definition) is 1. The molecule has 0 spiro atoms. The molecule has 0 unspecified atom stereocenters. The summed E-state index contributed by atoms with van der Waals surface area (Å²) in [6, 6.07) is 4.93. The minimum absolute atomic E-state index is 0.271. The number of ether oxygens (including phenoxy) is 2. The molecule has 0 saturated heterocycles. The number of nitrogens with zero attached hydrogens (tertiary/aromatic N) is 2. The first-order chi connectivity index (χ1) is 8.74. The van der Waals surface area contributed by atoms with Crippen LogP contribution in [0.1, 0.15) is 10.4 Å². The molecule has 0 radical (unpaired) electrons. The summed E-state index contributed by atoms with van der Waals surface area (Å²) in [7, 11) is 3.06. The number of anilines is 1. The first-order valence-corrected chi connectivity index (χ1v) is 5.92. The van der Waals surface area contributed by atoms with Gasteiger partial charge in [-0.05, 0) is 18.2 Å². The van der Waals surface area contributed by atoms with Gasteiger partial charge in [0.1, 0.15) is 5.51 Å². The molecule has 0 aliphatic heterocycles. The maximum atomic E-state index is 11.9. The first kappa shape index (κ1) is 12.3. The highest BCUT2D eigenvalue weighted by Gasteiger charge is 2.11. The van der Waals surface area contributed by atoms with Gasteiger partial charge in [-0.15, -0.1) is 10.2 Å². The van der Waals surface area contributed by atoms with Gasteiger partial charge in [0.25, 0.3) is 5.91 Å². The standard InChI is InChI=1S/C11H11N3O3S/c1-16-8-4-3-7(5-9(8)17-2)10(15)13-11-14-12-6-18-11/h3-6H,1-2H3,(H,13,14,15). The van der Waals surface area contributed by atoms with Gasteiger partial charge in [0.05, 0.1) is 14.2 Å². The average Bonchev–Trinajstić information content (AvgIpc) is 2.90. The second-order valence-corrected chi connectivity index (χ2v) is 4.10. The van der Waals surface area contributed by atoms with Gasteiger partial charge in [0.15, 0.2) is 11.5 Å². The number of nitrogens with one attached hydrogen (secondary N) is 1. The minimum Gasteiger partial charge on any atom is -0.493 e. The molecule has 1 amide bonds. The third-order valence-corrected chi connectivity index (χ3v) is 2.83. The molecule has 0 saturated carbocycles. The fraction of sp³-hybridized carbons (Fsp3) is 0.182. The van der Waals surface area contributed by atoms with Crippen LogP contribution < -0.4 is 14.8 Å². The van der Waals surface area contributed by atoms with Crippen LogP contribution in [0.25, 0.3) is 0 Å². The van der Waals surface area contributed by atoms with Crippen molar-refractivity contribution < 1.29 is 14.3 Å². The summed E-state index contributed by atoms with van der Waals surface area (Å²) in [6.07, 6.45) is 0. The summed E-state index contributed by atoms with van der Waals surface area (Å²) in [5, 5.41) is 10.5. The Labute approximate surface area is 108 Å². The number of methoxy groups -OCH3 is 2. The van der Waals surface area contributed by atoms with E-state index < -0.39 is 0 Å². The van der Waals surface area contributed by atoms with Crippen molar-refractivity contribution in [2.45, 2.75) is 0 Å². The van der Waals surface area contributed by atoms with Crippen molar-refractivity contribution in [1.82, 2.24) is 10.2 Å². The molecule has 2 aromatic rings. The van der Waals surface area contributed by atoms with E-state index in [-0.39, 0.29) is 5.91 Å². The van der Waals surface area contributed by atoms with E-state index in [0.29, 0.717) is 22.2 Å². The molecule has 0 atom stereocenters. The van der Waals surface area contributed by atoms with Crippen LogP contribution in [0.2, 0.25) is 0 Å². The Morgan fingerprint density at radius 1 is 1.28 bits per heavy atom. The van der Waals surface area contributed by atoms with Crippen molar-refractivity contribution in [3.05, 3.63) is 29.3 Å². The van der Waals surface area contributed by atoms with E-state index in [0.717, 1.165) is 0 Å². The Morgan fingerprint density at radius 3 is 2.67 bits per heavy atom. The lowest BCUT2D eigenvalue weighted by Crippen LogP contribution is -2.11. The highest BCUT2D eigenvalue weighted by molar-refractivity contribution is 7.13. The van der Waals surface area contributed by atoms with Gasteiger partial charge >= 0.3 is 0 Å². The lowest BCUT2D eigenvalue weighted by atomic mass is 10.2. The average molecular weight is 265 g/mol. The molecule has 2 rings (SSSR count). The molecule has 1 N–H and O–H groups in total. The third kappa shape index (κ3) is 2.57. The smallest absolute Gasteiger partial charge is 0.257 e. The van der Waals surface area contributed by atoms with Gasteiger partial charge < -0.3 is 9.47 Å². The Hall–Kier alpha value is -2.15. The minimum atomic E-state index is -0.271. The zero-order chi connectivity index (χ0) is 13.0. The Bertz CT molecular complexity index is 542. The van der Waals surface area contributed by atoms with E-state index in [2.05, 4.69) is 15.5 Å². The van der Waals surface area contributed by atoms with Crippen LogP contribution in [0.15, 0.2) is 23.7 Å². The van der Waals surface area contributed by atoms with E-state index in [1.165, 1.54) is 18.4 Å². The Kier molecular flexibility index (Phi) is 3.73. The van der Waals surface area contributed by atoms with E-state index in [9.17, 15) is 4.79 Å². The molecule has 6 nitrogen and oxygen atoms in total. The number of amides is 1. The fourth-order valence-corrected chi connectivity index (χ4v) is 1.81. The Balaban J connectivity index is 2.20. The quantitative estimate of drug-likeness (QED) is 0.912. The molecule has 0 fully saturated rings. The maximum absolute atomic E-state index is 11.9. The van der Waals surface area contributed by atoms with Crippen LogP contribution in [0.4, 0.5) is 5.13 Å². The van der Waals surface area contributed by atoms with Crippen molar-refractivity contribution in [3.63, 3.8) is 0 Å². The first-order valence-electron chi connectivity index (χ1n) is 5.04. The predicted molar refractivity (Wildman–Crippen MR) is 67.4 cm³/mol. The topological polar surface area (TPSA) is 73.3 Å².